The number of hydrogen-bond donors (Lipinski definition) is 9. The molecule has 9 N–H and O–H groups in total. The van der Waals surface area contributed by atoms with Crippen LogP contribution in [0.15, 0.2) is 36.5 Å². The molecule has 1 amide bonds. The minimum Gasteiger partial charge on any atom is -0.389 e. The molecule has 13 nitrogen and oxygen atoms in total. The van der Waals surface area contributed by atoms with Gasteiger partial charge in [-0.3, -0.25) is 13.8 Å². The summed E-state index contributed by atoms with van der Waals surface area (Å²) in [5, 5.41) is 74.2. The van der Waals surface area contributed by atoms with Crippen LogP contribution in [0.2, 0.25) is 0 Å². The Bertz CT molecular complexity index is 1160. The van der Waals surface area contributed by atoms with Gasteiger partial charge in [-0.1, -0.05) is 179 Å². The van der Waals surface area contributed by atoms with Crippen molar-refractivity contribution in [3.05, 3.63) is 36.5 Å². The molecule has 0 radical (unpaired) electrons. The van der Waals surface area contributed by atoms with Crippen LogP contribution in [0.3, 0.4) is 0 Å². The van der Waals surface area contributed by atoms with Gasteiger partial charge in [-0.15, -0.1) is 0 Å². The van der Waals surface area contributed by atoms with Gasteiger partial charge in [0.15, 0.2) is 0 Å². The van der Waals surface area contributed by atoms with Crippen molar-refractivity contribution in [3.8, 4) is 0 Å². The molecular weight excluding hydrogens is 777 g/mol. The second-order valence-corrected chi connectivity index (χ2v) is 17.8. The fourth-order valence-electron chi connectivity index (χ4n) is 7.18. The lowest BCUT2D eigenvalue weighted by atomic mass is 9.85. The summed E-state index contributed by atoms with van der Waals surface area (Å²) >= 11 is 0. The molecule has 8 unspecified atom stereocenters. The molecule has 346 valence electrons. The summed E-state index contributed by atoms with van der Waals surface area (Å²) in [5.74, 6) is -0.660. The highest BCUT2D eigenvalue weighted by Crippen LogP contribution is 2.47. The van der Waals surface area contributed by atoms with E-state index in [1.54, 1.807) is 12.2 Å². The van der Waals surface area contributed by atoms with Crippen molar-refractivity contribution in [3.63, 3.8) is 0 Å². The Morgan fingerprint density at radius 2 is 1.02 bits per heavy atom. The summed E-state index contributed by atoms with van der Waals surface area (Å²) in [4.78, 5) is 23.3. The van der Waals surface area contributed by atoms with Gasteiger partial charge in [-0.05, 0) is 32.1 Å². The molecule has 0 aromatic heterocycles. The molecule has 1 aliphatic rings. The quantitative estimate of drug-likeness (QED) is 0.0170. The largest absolute Gasteiger partial charge is 0.472 e. The third-order valence-electron chi connectivity index (χ3n) is 11.0. The van der Waals surface area contributed by atoms with Gasteiger partial charge in [-0.2, -0.15) is 0 Å². The van der Waals surface area contributed by atoms with Gasteiger partial charge in [0.2, 0.25) is 5.91 Å². The number of amides is 1. The summed E-state index contributed by atoms with van der Waals surface area (Å²) in [5.41, 5.74) is 0. The molecule has 0 saturated heterocycles. The standard InChI is InChI=1S/C45H84NO12P/c1-3-5-7-9-11-13-15-16-17-18-19-20-21-23-25-27-29-31-33-38(48)37(35-57-59(55,56)58-45-43(53)41(51)40(50)42(52)44(45)54)46-39(49)34-36(47)32-30-28-26-24-22-14-12-10-8-6-4-2/h24,26,30-33,36-38,40-45,47-48,50-54H,3-23,25,27-29,34-35H2,1-2H3,(H,46,49)(H,55,56)/b26-24-,32-30-,33-31+. The average molecular weight is 862 g/mol. The Balaban J connectivity index is 2.60. The van der Waals surface area contributed by atoms with E-state index in [2.05, 4.69) is 25.2 Å². The van der Waals surface area contributed by atoms with Crippen LogP contribution in [0.4, 0.5) is 0 Å². The molecule has 59 heavy (non-hydrogen) atoms. The highest BCUT2D eigenvalue weighted by molar-refractivity contribution is 7.47. The lowest BCUT2D eigenvalue weighted by Gasteiger charge is -2.41. The van der Waals surface area contributed by atoms with E-state index in [1.807, 2.05) is 6.08 Å². The van der Waals surface area contributed by atoms with E-state index in [0.717, 1.165) is 32.1 Å². The van der Waals surface area contributed by atoms with Crippen molar-refractivity contribution in [2.24, 2.45) is 0 Å². The fourth-order valence-corrected chi connectivity index (χ4v) is 8.15. The van der Waals surface area contributed by atoms with Crippen LogP contribution in [-0.4, -0.2) is 108 Å². The number of unbranched alkanes of at least 4 members (excludes halogenated alkanes) is 22. The van der Waals surface area contributed by atoms with Crippen LogP contribution in [0.5, 0.6) is 0 Å². The average Bonchev–Trinajstić information content (AvgIpc) is 3.21. The SMILES string of the molecule is CCCCCCCC/C=C\C/C=C\C(O)CC(=O)NC(COP(=O)(O)OC1C(O)C(O)C(O)C(O)C1O)C(O)/C=C/CCCCCCCCCCCCCCCCCC. The van der Waals surface area contributed by atoms with Gasteiger partial charge in [0, 0.05) is 0 Å². The van der Waals surface area contributed by atoms with Crippen molar-refractivity contribution < 1.29 is 59.0 Å². The van der Waals surface area contributed by atoms with E-state index in [9.17, 15) is 50.0 Å². The van der Waals surface area contributed by atoms with Gasteiger partial charge >= 0.3 is 7.82 Å². The van der Waals surface area contributed by atoms with Crippen LogP contribution in [0.25, 0.3) is 0 Å². The summed E-state index contributed by atoms with van der Waals surface area (Å²) < 4.78 is 22.8. The molecule has 1 rings (SSSR count). The zero-order chi connectivity index (χ0) is 43.7. The number of rotatable bonds is 37. The van der Waals surface area contributed by atoms with Crippen molar-refractivity contribution >= 4 is 13.7 Å². The molecule has 1 aliphatic carbocycles. The molecule has 0 aromatic carbocycles. The minimum absolute atomic E-state index is 0.351. The van der Waals surface area contributed by atoms with Crippen LogP contribution < -0.4 is 5.32 Å². The Morgan fingerprint density at radius 1 is 0.593 bits per heavy atom. The second kappa shape index (κ2) is 35.0. The van der Waals surface area contributed by atoms with Crippen LogP contribution in [0, 0.1) is 0 Å². The first-order chi connectivity index (χ1) is 28.3. The van der Waals surface area contributed by atoms with Gasteiger partial charge < -0.3 is 46.0 Å². The molecule has 1 fully saturated rings. The maximum Gasteiger partial charge on any atom is 0.472 e. The molecule has 0 bridgehead atoms. The molecule has 14 heteroatoms. The predicted octanol–water partition coefficient (Wildman–Crippen LogP) is 7.36. The first kappa shape index (κ1) is 55.5. The Kier molecular flexibility index (Phi) is 33.0. The highest BCUT2D eigenvalue weighted by Gasteiger charge is 2.51. The topological polar surface area (TPSA) is 226 Å². The number of carbonyl (C=O) groups excluding carboxylic acids is 1. The van der Waals surface area contributed by atoms with E-state index < -0.39 is 75.2 Å². The number of nitrogens with one attached hydrogen (secondary N) is 1. The van der Waals surface area contributed by atoms with Gasteiger partial charge in [0.25, 0.3) is 0 Å². The molecule has 0 spiro atoms. The van der Waals surface area contributed by atoms with Crippen LogP contribution >= 0.6 is 7.82 Å². The smallest absolute Gasteiger partial charge is 0.389 e. The van der Waals surface area contributed by atoms with E-state index >= 15 is 0 Å². The van der Waals surface area contributed by atoms with Crippen molar-refractivity contribution in [1.29, 1.82) is 0 Å². The number of aliphatic hydroxyl groups is 7. The van der Waals surface area contributed by atoms with Crippen molar-refractivity contribution in [2.75, 3.05) is 6.61 Å². The lowest BCUT2D eigenvalue weighted by molar-refractivity contribution is -0.220. The third kappa shape index (κ3) is 27.2. The number of phosphoric ester groups is 1. The lowest BCUT2D eigenvalue weighted by Crippen LogP contribution is -2.64. The maximum absolute atomic E-state index is 12.9. The van der Waals surface area contributed by atoms with Crippen molar-refractivity contribution in [1.82, 2.24) is 5.32 Å². The first-order valence-electron chi connectivity index (χ1n) is 23.0. The van der Waals surface area contributed by atoms with Crippen LogP contribution in [0.1, 0.15) is 181 Å². The molecular formula is C45H84NO12P. The maximum atomic E-state index is 12.9. The number of aliphatic hydroxyl groups excluding tert-OH is 7. The predicted molar refractivity (Wildman–Crippen MR) is 233 cm³/mol. The van der Waals surface area contributed by atoms with Crippen LogP contribution in [-0.2, 0) is 18.4 Å². The van der Waals surface area contributed by atoms with E-state index in [0.29, 0.717) is 12.8 Å². The summed E-state index contributed by atoms with van der Waals surface area (Å²) in [6.45, 7) is 3.69. The number of hydrogen-bond acceptors (Lipinski definition) is 11. The number of allylic oxidation sites excluding steroid dienone is 4. The number of phosphoric acid groups is 1. The minimum atomic E-state index is -5.15. The molecule has 0 aliphatic heterocycles. The Morgan fingerprint density at radius 3 is 1.49 bits per heavy atom. The molecule has 0 aromatic rings. The second-order valence-electron chi connectivity index (χ2n) is 16.4. The molecule has 8 atom stereocenters. The zero-order valence-corrected chi connectivity index (χ0v) is 37.3. The zero-order valence-electron chi connectivity index (χ0n) is 36.4. The Labute approximate surface area is 356 Å². The third-order valence-corrected chi connectivity index (χ3v) is 12.0. The monoisotopic (exact) mass is 862 g/mol. The first-order valence-corrected chi connectivity index (χ1v) is 24.5. The normalized spacial score (nSPS) is 23.9. The van der Waals surface area contributed by atoms with E-state index in [-0.39, 0.29) is 6.42 Å². The summed E-state index contributed by atoms with van der Waals surface area (Å²) in [6, 6.07) is -1.27. The summed E-state index contributed by atoms with van der Waals surface area (Å²) in [6.07, 6.45) is 25.5. The van der Waals surface area contributed by atoms with Gasteiger partial charge in [0.05, 0.1) is 31.3 Å². The van der Waals surface area contributed by atoms with E-state index in [4.69, 9.17) is 9.05 Å². The molecule has 0 heterocycles. The summed E-state index contributed by atoms with van der Waals surface area (Å²) in [7, 11) is -5.15. The molecule has 1 saturated carbocycles. The van der Waals surface area contributed by atoms with Gasteiger partial charge in [-0.25, -0.2) is 4.57 Å². The fraction of sp³-hybridized carbons (Fsp3) is 0.844. The highest BCUT2D eigenvalue weighted by atomic mass is 31.2. The van der Waals surface area contributed by atoms with Gasteiger partial charge in [0.1, 0.15) is 36.6 Å². The van der Waals surface area contributed by atoms with E-state index in [1.165, 1.54) is 128 Å². The number of carbonyl (C=O) groups is 1. The van der Waals surface area contributed by atoms with Crippen molar-refractivity contribution in [2.45, 2.75) is 236 Å². The Hall–Kier alpha value is -1.48.